The third-order valence-corrected chi connectivity index (χ3v) is 4.28. The van der Waals surface area contributed by atoms with Crippen molar-refractivity contribution in [3.05, 3.63) is 65.7 Å². The van der Waals surface area contributed by atoms with E-state index in [9.17, 15) is 19.2 Å². The Balaban J connectivity index is 1.64. The molecule has 3 amide bonds. The maximum Gasteiger partial charge on any atom is 0.306 e. The lowest BCUT2D eigenvalue weighted by Gasteiger charge is -2.09. The largest absolute Gasteiger partial charge is 0.465 e. The minimum atomic E-state index is -0.509. The highest BCUT2D eigenvalue weighted by Crippen LogP contribution is 2.10. The number of hydrogen-bond acceptors (Lipinski definition) is 5. The van der Waals surface area contributed by atoms with E-state index in [0.29, 0.717) is 24.1 Å². The summed E-state index contributed by atoms with van der Waals surface area (Å²) in [6.07, 6.45) is 1.59. The van der Waals surface area contributed by atoms with Gasteiger partial charge in [-0.2, -0.15) is 0 Å². The molecule has 0 saturated carbocycles. The molecule has 0 unspecified atom stereocenters. The first kappa shape index (κ1) is 23.6. The predicted octanol–water partition coefficient (Wildman–Crippen LogP) is 2.75. The zero-order valence-electron chi connectivity index (χ0n) is 17.5. The zero-order chi connectivity index (χ0) is 22.5. The second kappa shape index (κ2) is 12.8. The summed E-state index contributed by atoms with van der Waals surface area (Å²) in [5.74, 6) is -1.58. The van der Waals surface area contributed by atoms with E-state index in [1.54, 1.807) is 12.1 Å². The summed E-state index contributed by atoms with van der Waals surface area (Å²) in [6.45, 7) is 2.16. The third-order valence-electron chi connectivity index (χ3n) is 4.28. The normalized spacial score (nSPS) is 10.1. The summed E-state index contributed by atoms with van der Waals surface area (Å²) in [4.78, 5) is 47.2. The van der Waals surface area contributed by atoms with Crippen LogP contribution in [0.3, 0.4) is 0 Å². The van der Waals surface area contributed by atoms with Gasteiger partial charge in [0.15, 0.2) is 0 Å². The van der Waals surface area contributed by atoms with Crippen molar-refractivity contribution in [3.8, 4) is 0 Å². The maximum absolute atomic E-state index is 12.1. The Hall–Kier alpha value is -3.68. The number of anilines is 1. The van der Waals surface area contributed by atoms with Gasteiger partial charge in [0.05, 0.1) is 13.0 Å². The molecule has 2 aromatic rings. The van der Waals surface area contributed by atoms with Crippen molar-refractivity contribution >= 4 is 29.4 Å². The van der Waals surface area contributed by atoms with Crippen LogP contribution in [0.2, 0.25) is 0 Å². The van der Waals surface area contributed by atoms with E-state index in [2.05, 4.69) is 16.2 Å². The van der Waals surface area contributed by atoms with E-state index >= 15 is 0 Å². The molecule has 0 heterocycles. The molecular formula is C23H27N3O5. The summed E-state index contributed by atoms with van der Waals surface area (Å²) < 4.78 is 5.11. The summed E-state index contributed by atoms with van der Waals surface area (Å²) in [7, 11) is 0. The van der Waals surface area contributed by atoms with E-state index in [-0.39, 0.29) is 25.4 Å². The van der Waals surface area contributed by atoms with Crippen molar-refractivity contribution in [1.82, 2.24) is 10.9 Å². The molecule has 0 atom stereocenters. The molecule has 2 aromatic carbocycles. The smallest absolute Gasteiger partial charge is 0.306 e. The minimum absolute atomic E-state index is 0.0807. The van der Waals surface area contributed by atoms with Crippen molar-refractivity contribution in [2.75, 3.05) is 11.9 Å². The van der Waals surface area contributed by atoms with Gasteiger partial charge in [-0.25, -0.2) is 0 Å². The summed E-state index contributed by atoms with van der Waals surface area (Å²) in [6, 6.07) is 15.9. The molecule has 8 nitrogen and oxygen atoms in total. The molecule has 0 aliphatic rings. The summed E-state index contributed by atoms with van der Waals surface area (Å²) in [5, 5.41) is 2.73. The topological polar surface area (TPSA) is 114 Å². The predicted molar refractivity (Wildman–Crippen MR) is 116 cm³/mol. The fourth-order valence-corrected chi connectivity index (χ4v) is 2.63. The van der Waals surface area contributed by atoms with E-state index in [0.717, 1.165) is 12.0 Å². The maximum atomic E-state index is 12.1. The summed E-state index contributed by atoms with van der Waals surface area (Å²) in [5.41, 5.74) is 6.52. The molecule has 0 fully saturated rings. The van der Waals surface area contributed by atoms with Crippen LogP contribution in [0.15, 0.2) is 54.6 Å². The number of carbonyl (C=O) groups is 4. The highest BCUT2D eigenvalue weighted by molar-refractivity contribution is 5.96. The highest BCUT2D eigenvalue weighted by Gasteiger charge is 2.11. The second-order valence-corrected chi connectivity index (χ2v) is 6.83. The first-order chi connectivity index (χ1) is 15.0. The van der Waals surface area contributed by atoms with Crippen LogP contribution < -0.4 is 16.2 Å². The number of benzene rings is 2. The molecule has 0 aromatic heterocycles. The van der Waals surface area contributed by atoms with Gasteiger partial charge in [0.2, 0.25) is 11.8 Å². The SMILES string of the molecule is CCCC(=O)Nc1ccc(C(=O)NNC(=O)CCC(=O)OCCc2ccccc2)cc1. The molecule has 0 saturated heterocycles. The lowest BCUT2D eigenvalue weighted by atomic mass is 10.2. The van der Waals surface area contributed by atoms with Crippen molar-refractivity contribution in [2.45, 2.75) is 39.0 Å². The molecule has 0 bridgehead atoms. The van der Waals surface area contributed by atoms with Crippen molar-refractivity contribution in [1.29, 1.82) is 0 Å². The van der Waals surface area contributed by atoms with Crippen LogP contribution in [0.5, 0.6) is 0 Å². The van der Waals surface area contributed by atoms with Crippen LogP contribution in [0, 0.1) is 0 Å². The Kier molecular flexibility index (Phi) is 9.74. The van der Waals surface area contributed by atoms with Gasteiger partial charge in [0.25, 0.3) is 5.91 Å². The average Bonchev–Trinajstić information content (AvgIpc) is 2.77. The number of hydrogen-bond donors (Lipinski definition) is 3. The van der Waals surface area contributed by atoms with E-state index < -0.39 is 17.8 Å². The lowest BCUT2D eigenvalue weighted by molar-refractivity contribution is -0.144. The zero-order valence-corrected chi connectivity index (χ0v) is 17.5. The summed E-state index contributed by atoms with van der Waals surface area (Å²) >= 11 is 0. The number of ether oxygens (including phenoxy) is 1. The van der Waals surface area contributed by atoms with Gasteiger partial charge in [0.1, 0.15) is 0 Å². The van der Waals surface area contributed by atoms with Crippen LogP contribution in [-0.4, -0.2) is 30.3 Å². The van der Waals surface area contributed by atoms with Crippen LogP contribution in [0.4, 0.5) is 5.69 Å². The molecule has 31 heavy (non-hydrogen) atoms. The quantitative estimate of drug-likeness (QED) is 0.400. The van der Waals surface area contributed by atoms with Gasteiger partial charge < -0.3 is 10.1 Å². The van der Waals surface area contributed by atoms with Gasteiger partial charge in [-0.1, -0.05) is 37.3 Å². The number of esters is 1. The van der Waals surface area contributed by atoms with Gasteiger partial charge in [-0.15, -0.1) is 0 Å². The molecule has 0 aliphatic heterocycles. The number of rotatable bonds is 10. The number of hydrazine groups is 1. The van der Waals surface area contributed by atoms with Crippen molar-refractivity contribution in [3.63, 3.8) is 0 Å². The third kappa shape index (κ3) is 9.12. The fourth-order valence-electron chi connectivity index (χ4n) is 2.63. The lowest BCUT2D eigenvalue weighted by Crippen LogP contribution is -2.41. The number of carbonyl (C=O) groups excluding carboxylic acids is 4. The number of nitrogens with one attached hydrogen (secondary N) is 3. The molecule has 164 valence electrons. The number of amides is 3. The first-order valence-corrected chi connectivity index (χ1v) is 10.2. The Bertz CT molecular complexity index is 882. The monoisotopic (exact) mass is 425 g/mol. The van der Waals surface area contributed by atoms with Gasteiger partial charge in [-0.05, 0) is 36.2 Å². The Morgan fingerprint density at radius 3 is 2.19 bits per heavy atom. The van der Waals surface area contributed by atoms with Crippen LogP contribution >= 0.6 is 0 Å². The Labute approximate surface area is 181 Å². The molecule has 8 heteroatoms. The highest BCUT2D eigenvalue weighted by atomic mass is 16.5. The van der Waals surface area contributed by atoms with Crippen molar-refractivity contribution in [2.24, 2.45) is 0 Å². The van der Waals surface area contributed by atoms with Crippen LogP contribution in [0.25, 0.3) is 0 Å². The van der Waals surface area contributed by atoms with Crippen molar-refractivity contribution < 1.29 is 23.9 Å². The van der Waals surface area contributed by atoms with Gasteiger partial charge in [0, 0.05) is 30.5 Å². The molecule has 0 radical (unpaired) electrons. The second-order valence-electron chi connectivity index (χ2n) is 6.83. The van der Waals surface area contributed by atoms with Crippen LogP contribution in [0.1, 0.15) is 48.5 Å². The molecule has 2 rings (SSSR count). The molecule has 0 spiro atoms. The Morgan fingerprint density at radius 2 is 1.52 bits per heavy atom. The Morgan fingerprint density at radius 1 is 0.806 bits per heavy atom. The standard InChI is InChI=1S/C23H27N3O5/c1-2-6-20(27)24-19-11-9-18(10-12-19)23(30)26-25-21(28)13-14-22(29)31-16-15-17-7-4-3-5-8-17/h3-5,7-12H,2,6,13-16H2,1H3,(H,24,27)(H,25,28)(H,26,30). The van der Waals surface area contributed by atoms with Gasteiger partial charge in [-0.3, -0.25) is 30.0 Å². The molecule has 0 aliphatic carbocycles. The van der Waals surface area contributed by atoms with E-state index in [4.69, 9.17) is 4.74 Å². The van der Waals surface area contributed by atoms with E-state index in [1.165, 1.54) is 12.1 Å². The fraction of sp³-hybridized carbons (Fsp3) is 0.304. The van der Waals surface area contributed by atoms with Crippen LogP contribution in [-0.2, 0) is 25.5 Å². The average molecular weight is 425 g/mol. The van der Waals surface area contributed by atoms with Gasteiger partial charge >= 0.3 is 5.97 Å². The minimum Gasteiger partial charge on any atom is -0.465 e. The first-order valence-electron chi connectivity index (χ1n) is 10.2. The van der Waals surface area contributed by atoms with E-state index in [1.807, 2.05) is 37.3 Å². The molecule has 3 N–H and O–H groups in total. The molecular weight excluding hydrogens is 398 g/mol.